The van der Waals surface area contributed by atoms with Crippen molar-refractivity contribution in [3.63, 3.8) is 0 Å². The summed E-state index contributed by atoms with van der Waals surface area (Å²) in [5.74, 6) is -0.978. The lowest BCUT2D eigenvalue weighted by molar-refractivity contribution is 0.0835. The van der Waals surface area contributed by atoms with Crippen molar-refractivity contribution >= 4 is 5.78 Å². The Morgan fingerprint density at radius 1 is 1.18 bits per heavy atom. The van der Waals surface area contributed by atoms with Crippen LogP contribution in [0.1, 0.15) is 28.4 Å². The highest BCUT2D eigenvalue weighted by Gasteiger charge is 2.34. The van der Waals surface area contributed by atoms with Gasteiger partial charge < -0.3 is 24.8 Å². The largest absolute Gasteiger partial charge is 0.508 e. The van der Waals surface area contributed by atoms with Crippen molar-refractivity contribution in [1.82, 2.24) is 0 Å². The SMILES string of the molecule is COc1c(O)cc(O)c2c1C(=O)C[C@H](c1cccc(O)c1)O2. The summed E-state index contributed by atoms with van der Waals surface area (Å²) in [6.45, 7) is 0. The normalized spacial score (nSPS) is 16.8. The van der Waals surface area contributed by atoms with E-state index in [2.05, 4.69) is 0 Å². The van der Waals surface area contributed by atoms with E-state index >= 15 is 0 Å². The summed E-state index contributed by atoms with van der Waals surface area (Å²) in [5.41, 5.74) is 0.641. The molecule has 3 rings (SSSR count). The minimum absolute atomic E-state index is 0.00963. The number of rotatable bonds is 2. The highest BCUT2D eigenvalue weighted by molar-refractivity contribution is 6.04. The molecule has 0 unspecified atom stereocenters. The molecule has 0 aromatic heterocycles. The number of ketones is 1. The van der Waals surface area contributed by atoms with E-state index in [1.807, 2.05) is 0 Å². The van der Waals surface area contributed by atoms with Gasteiger partial charge in [-0.2, -0.15) is 0 Å². The van der Waals surface area contributed by atoms with Crippen LogP contribution >= 0.6 is 0 Å². The topological polar surface area (TPSA) is 96.2 Å². The second-order valence-corrected chi connectivity index (χ2v) is 4.98. The third kappa shape index (κ3) is 2.18. The van der Waals surface area contributed by atoms with Crippen molar-refractivity contribution < 1.29 is 29.6 Å². The molecule has 0 saturated heterocycles. The Morgan fingerprint density at radius 2 is 1.95 bits per heavy atom. The number of methoxy groups -OCH3 is 1. The van der Waals surface area contributed by atoms with Crippen LogP contribution in [-0.4, -0.2) is 28.2 Å². The average Bonchev–Trinajstić information content (AvgIpc) is 2.48. The highest BCUT2D eigenvalue weighted by atomic mass is 16.5. The predicted molar refractivity (Wildman–Crippen MR) is 76.7 cm³/mol. The van der Waals surface area contributed by atoms with Gasteiger partial charge in [-0.3, -0.25) is 4.79 Å². The van der Waals surface area contributed by atoms with Crippen LogP contribution in [0.3, 0.4) is 0 Å². The van der Waals surface area contributed by atoms with Crippen LogP contribution in [0.5, 0.6) is 28.7 Å². The summed E-state index contributed by atoms with van der Waals surface area (Å²) in [4.78, 5) is 12.4. The molecule has 2 aromatic rings. The Hall–Kier alpha value is -2.89. The molecule has 0 amide bonds. The van der Waals surface area contributed by atoms with Gasteiger partial charge in [0.25, 0.3) is 0 Å². The summed E-state index contributed by atoms with van der Waals surface area (Å²) >= 11 is 0. The molecule has 22 heavy (non-hydrogen) atoms. The zero-order chi connectivity index (χ0) is 15.9. The maximum Gasteiger partial charge on any atom is 0.176 e. The molecular formula is C16H14O6. The molecule has 0 bridgehead atoms. The number of carbonyl (C=O) groups excluding carboxylic acids is 1. The van der Waals surface area contributed by atoms with Gasteiger partial charge in [0, 0.05) is 6.07 Å². The van der Waals surface area contributed by atoms with E-state index in [1.165, 1.54) is 19.2 Å². The lowest BCUT2D eigenvalue weighted by Crippen LogP contribution is -2.21. The van der Waals surface area contributed by atoms with E-state index in [0.717, 1.165) is 6.07 Å². The van der Waals surface area contributed by atoms with E-state index in [4.69, 9.17) is 9.47 Å². The number of hydrogen-bond donors (Lipinski definition) is 3. The summed E-state index contributed by atoms with van der Waals surface area (Å²) in [7, 11) is 1.32. The van der Waals surface area contributed by atoms with Crippen LogP contribution < -0.4 is 9.47 Å². The first-order chi connectivity index (χ1) is 10.5. The Morgan fingerprint density at radius 3 is 2.64 bits per heavy atom. The van der Waals surface area contributed by atoms with E-state index in [9.17, 15) is 20.1 Å². The molecule has 0 spiro atoms. The number of benzene rings is 2. The molecule has 1 aliphatic heterocycles. The van der Waals surface area contributed by atoms with E-state index in [0.29, 0.717) is 5.56 Å². The molecule has 0 saturated carbocycles. The Kier molecular flexibility index (Phi) is 3.29. The third-order valence-corrected chi connectivity index (χ3v) is 3.55. The molecular weight excluding hydrogens is 288 g/mol. The number of phenols is 3. The van der Waals surface area contributed by atoms with E-state index in [-0.39, 0.29) is 46.5 Å². The standard InChI is InChI=1S/C16H14O6/c1-21-15-11(19)6-12(20)16-14(15)10(18)7-13(22-16)8-3-2-4-9(17)5-8/h2-6,13,17,19-20H,7H2,1H3/t13-/m1/s1. The summed E-state index contributed by atoms with van der Waals surface area (Å²) in [6.07, 6.45) is -0.623. The van der Waals surface area contributed by atoms with Crippen molar-refractivity contribution in [1.29, 1.82) is 0 Å². The molecule has 1 atom stereocenters. The molecule has 3 N–H and O–H groups in total. The fourth-order valence-electron chi connectivity index (χ4n) is 2.56. The van der Waals surface area contributed by atoms with Crippen LogP contribution in [0, 0.1) is 0 Å². The first-order valence-corrected chi connectivity index (χ1v) is 6.63. The second-order valence-electron chi connectivity index (χ2n) is 4.98. The predicted octanol–water partition coefficient (Wildman–Crippen LogP) is 2.52. The summed E-state index contributed by atoms with van der Waals surface area (Å²) < 4.78 is 10.7. The van der Waals surface area contributed by atoms with Gasteiger partial charge in [0.1, 0.15) is 17.4 Å². The number of fused-ring (bicyclic) bond motifs is 1. The molecule has 0 fully saturated rings. The van der Waals surface area contributed by atoms with Crippen LogP contribution in [0.25, 0.3) is 0 Å². The zero-order valence-corrected chi connectivity index (χ0v) is 11.7. The van der Waals surface area contributed by atoms with Gasteiger partial charge in [0.15, 0.2) is 28.8 Å². The molecule has 0 radical (unpaired) electrons. The van der Waals surface area contributed by atoms with E-state index in [1.54, 1.807) is 12.1 Å². The monoisotopic (exact) mass is 302 g/mol. The second kappa shape index (κ2) is 5.14. The van der Waals surface area contributed by atoms with Gasteiger partial charge in [0.05, 0.1) is 13.5 Å². The minimum Gasteiger partial charge on any atom is -0.508 e. The van der Waals surface area contributed by atoms with Crippen molar-refractivity contribution in [3.05, 3.63) is 41.5 Å². The van der Waals surface area contributed by atoms with Crippen molar-refractivity contribution in [3.8, 4) is 28.7 Å². The maximum atomic E-state index is 12.4. The molecule has 114 valence electrons. The quantitative estimate of drug-likeness (QED) is 0.789. The number of phenolic OH excluding ortho intramolecular Hbond substituents is 3. The average molecular weight is 302 g/mol. The van der Waals surface area contributed by atoms with Gasteiger partial charge in [-0.25, -0.2) is 0 Å². The Balaban J connectivity index is 2.08. The van der Waals surface area contributed by atoms with Crippen LogP contribution in [0.2, 0.25) is 0 Å². The summed E-state index contributed by atoms with van der Waals surface area (Å²) in [6, 6.07) is 7.44. The number of aromatic hydroxyl groups is 3. The van der Waals surface area contributed by atoms with Crippen LogP contribution in [0.15, 0.2) is 30.3 Å². The van der Waals surface area contributed by atoms with Crippen LogP contribution in [0.4, 0.5) is 0 Å². The summed E-state index contributed by atoms with van der Waals surface area (Å²) in [5, 5.41) is 29.2. The Labute approximate surface area is 126 Å². The minimum atomic E-state index is -0.632. The van der Waals surface area contributed by atoms with Gasteiger partial charge in [-0.1, -0.05) is 12.1 Å². The fourth-order valence-corrected chi connectivity index (χ4v) is 2.56. The first kappa shape index (κ1) is 14.1. The Bertz CT molecular complexity index is 753. The van der Waals surface area contributed by atoms with Crippen molar-refractivity contribution in [2.75, 3.05) is 7.11 Å². The number of carbonyl (C=O) groups is 1. The maximum absolute atomic E-state index is 12.4. The smallest absolute Gasteiger partial charge is 0.176 e. The van der Waals surface area contributed by atoms with Gasteiger partial charge >= 0.3 is 0 Å². The molecule has 6 nitrogen and oxygen atoms in total. The molecule has 0 aliphatic carbocycles. The molecule has 6 heteroatoms. The van der Waals surface area contributed by atoms with Crippen LogP contribution in [-0.2, 0) is 0 Å². The molecule has 2 aromatic carbocycles. The molecule has 1 aliphatic rings. The zero-order valence-electron chi connectivity index (χ0n) is 11.7. The fraction of sp³-hybridized carbons (Fsp3) is 0.188. The van der Waals surface area contributed by atoms with E-state index < -0.39 is 6.10 Å². The first-order valence-electron chi connectivity index (χ1n) is 6.63. The third-order valence-electron chi connectivity index (χ3n) is 3.55. The lowest BCUT2D eigenvalue weighted by atomic mass is 9.95. The lowest BCUT2D eigenvalue weighted by Gasteiger charge is -2.27. The number of hydrogen-bond acceptors (Lipinski definition) is 6. The van der Waals surface area contributed by atoms with Crippen molar-refractivity contribution in [2.24, 2.45) is 0 Å². The molecule has 1 heterocycles. The number of Topliss-reactive ketones (excluding diaryl/α,β-unsaturated/α-hetero) is 1. The van der Waals surface area contributed by atoms with Crippen molar-refractivity contribution in [2.45, 2.75) is 12.5 Å². The highest BCUT2D eigenvalue weighted by Crippen LogP contribution is 2.48. The number of ether oxygens (including phenoxy) is 2. The van der Waals surface area contributed by atoms with Gasteiger partial charge in [0.2, 0.25) is 0 Å². The van der Waals surface area contributed by atoms with Gasteiger partial charge in [-0.15, -0.1) is 0 Å². The van der Waals surface area contributed by atoms with Gasteiger partial charge in [-0.05, 0) is 17.7 Å².